The van der Waals surface area contributed by atoms with E-state index in [1.54, 1.807) is 11.3 Å². The van der Waals surface area contributed by atoms with Gasteiger partial charge in [0.2, 0.25) is 4.96 Å². The van der Waals surface area contributed by atoms with Crippen LogP contribution in [0.3, 0.4) is 0 Å². The van der Waals surface area contributed by atoms with Gasteiger partial charge in [-0.1, -0.05) is 30.6 Å². The molecule has 2 unspecified atom stereocenters. The van der Waals surface area contributed by atoms with Gasteiger partial charge in [-0.05, 0) is 25.7 Å². The third kappa shape index (κ3) is 1.89. The third-order valence-electron chi connectivity index (χ3n) is 4.64. The van der Waals surface area contributed by atoms with Gasteiger partial charge >= 0.3 is 0 Å². The Morgan fingerprint density at radius 3 is 2.63 bits per heavy atom. The van der Waals surface area contributed by atoms with Gasteiger partial charge < -0.3 is 5.73 Å². The van der Waals surface area contributed by atoms with E-state index in [-0.39, 0.29) is 6.04 Å². The Morgan fingerprint density at radius 2 is 1.89 bits per heavy atom. The van der Waals surface area contributed by atoms with E-state index in [2.05, 4.69) is 10.2 Å². The fourth-order valence-corrected chi connectivity index (χ4v) is 4.24. The number of hydrogen-bond donors (Lipinski definition) is 1. The molecule has 0 spiro atoms. The van der Waals surface area contributed by atoms with E-state index in [0.29, 0.717) is 11.8 Å². The third-order valence-corrected chi connectivity index (χ3v) is 5.67. The number of nitrogens with zero attached hydrogens (tertiary/aromatic N) is 4. The highest BCUT2D eigenvalue weighted by Gasteiger charge is 2.30. The zero-order valence-corrected chi connectivity index (χ0v) is 11.8. The van der Waals surface area contributed by atoms with Gasteiger partial charge in [0, 0.05) is 17.9 Å². The first kappa shape index (κ1) is 11.8. The number of nitrogens with two attached hydrogens (primary N) is 1. The molecule has 2 fully saturated rings. The van der Waals surface area contributed by atoms with Gasteiger partial charge in [0.15, 0.2) is 5.82 Å². The lowest BCUT2D eigenvalue weighted by Gasteiger charge is -2.26. The normalized spacial score (nSPS) is 28.7. The standard InChI is InChI=1S/C13H19N5S/c14-10-7-2-1-6-9(10)12-17-18-11(8-4-3-5-8)15-16-13(18)19-12/h8-10H,1-7,14H2. The summed E-state index contributed by atoms with van der Waals surface area (Å²) >= 11 is 1.68. The molecule has 0 saturated heterocycles. The quantitative estimate of drug-likeness (QED) is 0.915. The van der Waals surface area contributed by atoms with Crippen molar-refractivity contribution in [1.82, 2.24) is 19.8 Å². The van der Waals surface area contributed by atoms with Crippen molar-refractivity contribution >= 4 is 16.3 Å². The van der Waals surface area contributed by atoms with Crippen LogP contribution < -0.4 is 5.73 Å². The first-order valence-corrected chi connectivity index (χ1v) is 8.12. The van der Waals surface area contributed by atoms with Crippen LogP contribution in [0.4, 0.5) is 0 Å². The Hall–Kier alpha value is -1.01. The Morgan fingerprint density at radius 1 is 1.05 bits per heavy atom. The summed E-state index contributed by atoms with van der Waals surface area (Å²) in [5.74, 6) is 2.06. The second kappa shape index (κ2) is 4.52. The maximum Gasteiger partial charge on any atom is 0.234 e. The molecule has 0 bridgehead atoms. The van der Waals surface area contributed by atoms with Crippen LogP contribution in [0.15, 0.2) is 0 Å². The highest BCUT2D eigenvalue weighted by molar-refractivity contribution is 7.16. The Kier molecular flexibility index (Phi) is 2.81. The summed E-state index contributed by atoms with van der Waals surface area (Å²) < 4.78 is 1.98. The van der Waals surface area contributed by atoms with Crippen LogP contribution in [0, 0.1) is 0 Å². The van der Waals surface area contributed by atoms with Gasteiger partial charge in [0.05, 0.1) is 0 Å². The molecular weight excluding hydrogens is 258 g/mol. The van der Waals surface area contributed by atoms with Gasteiger partial charge in [-0.15, -0.1) is 10.2 Å². The van der Waals surface area contributed by atoms with Crippen molar-refractivity contribution in [2.45, 2.75) is 62.8 Å². The number of fused-ring (bicyclic) bond motifs is 1. The molecular formula is C13H19N5S. The largest absolute Gasteiger partial charge is 0.327 e. The minimum absolute atomic E-state index is 0.268. The van der Waals surface area contributed by atoms with Crippen molar-refractivity contribution in [3.8, 4) is 0 Å². The predicted octanol–water partition coefficient (Wildman–Crippen LogP) is 2.44. The summed E-state index contributed by atoms with van der Waals surface area (Å²) in [4.78, 5) is 0.940. The van der Waals surface area contributed by atoms with E-state index in [0.717, 1.165) is 22.2 Å². The van der Waals surface area contributed by atoms with E-state index in [1.165, 1.54) is 38.5 Å². The summed E-state index contributed by atoms with van der Waals surface area (Å²) in [6.45, 7) is 0. The van der Waals surface area contributed by atoms with E-state index >= 15 is 0 Å². The van der Waals surface area contributed by atoms with Crippen LogP contribution in [0.1, 0.15) is 67.6 Å². The second-order valence-electron chi connectivity index (χ2n) is 5.88. The van der Waals surface area contributed by atoms with Crippen LogP contribution in [0.25, 0.3) is 4.96 Å². The second-order valence-corrected chi connectivity index (χ2v) is 6.86. The van der Waals surface area contributed by atoms with E-state index in [9.17, 15) is 0 Å². The van der Waals surface area contributed by atoms with Crippen molar-refractivity contribution in [3.05, 3.63) is 10.8 Å². The Labute approximate surface area is 116 Å². The molecule has 0 radical (unpaired) electrons. The van der Waals surface area contributed by atoms with Crippen LogP contribution in [0.5, 0.6) is 0 Å². The fraction of sp³-hybridized carbons (Fsp3) is 0.769. The molecule has 5 nitrogen and oxygen atoms in total. The van der Waals surface area contributed by atoms with Crippen molar-refractivity contribution in [3.63, 3.8) is 0 Å². The molecule has 4 rings (SSSR count). The van der Waals surface area contributed by atoms with Crippen LogP contribution in [-0.4, -0.2) is 25.9 Å². The maximum atomic E-state index is 6.26. The lowest BCUT2D eigenvalue weighted by Crippen LogP contribution is -2.31. The molecule has 2 heterocycles. The molecule has 0 aromatic carbocycles. The van der Waals surface area contributed by atoms with E-state index in [1.807, 2.05) is 4.52 Å². The van der Waals surface area contributed by atoms with E-state index < -0.39 is 0 Å². The molecule has 2 aliphatic carbocycles. The van der Waals surface area contributed by atoms with Gasteiger partial charge in [0.25, 0.3) is 0 Å². The smallest absolute Gasteiger partial charge is 0.234 e. The number of aromatic nitrogens is 4. The highest BCUT2D eigenvalue weighted by Crippen LogP contribution is 2.38. The molecule has 0 amide bonds. The van der Waals surface area contributed by atoms with Crippen molar-refractivity contribution in [2.75, 3.05) is 0 Å². The molecule has 2 aromatic rings. The van der Waals surface area contributed by atoms with Gasteiger partial charge in [-0.25, -0.2) is 0 Å². The zero-order chi connectivity index (χ0) is 12.8. The zero-order valence-electron chi connectivity index (χ0n) is 11.0. The van der Waals surface area contributed by atoms with Crippen LogP contribution in [-0.2, 0) is 0 Å². The average molecular weight is 277 g/mol. The molecule has 2 atom stereocenters. The Balaban J connectivity index is 1.69. The SMILES string of the molecule is NC1CCCCC1c1nn2c(C3CCC3)nnc2s1. The van der Waals surface area contributed by atoms with Gasteiger partial charge in [-0.2, -0.15) is 9.61 Å². The van der Waals surface area contributed by atoms with Crippen molar-refractivity contribution < 1.29 is 0 Å². The molecule has 0 aliphatic heterocycles. The summed E-state index contributed by atoms with van der Waals surface area (Å²) in [6.07, 6.45) is 8.60. The summed E-state index contributed by atoms with van der Waals surface area (Å²) in [5, 5.41) is 14.5. The molecule has 2 aromatic heterocycles. The molecule has 2 aliphatic rings. The maximum absolute atomic E-state index is 6.26. The highest BCUT2D eigenvalue weighted by atomic mass is 32.1. The van der Waals surface area contributed by atoms with Crippen molar-refractivity contribution in [1.29, 1.82) is 0 Å². The molecule has 2 saturated carbocycles. The Bertz CT molecular complexity index is 585. The summed E-state index contributed by atoms with van der Waals surface area (Å²) in [7, 11) is 0. The number of hydrogen-bond acceptors (Lipinski definition) is 5. The number of rotatable bonds is 2. The minimum Gasteiger partial charge on any atom is -0.327 e. The fourth-order valence-electron chi connectivity index (χ4n) is 3.18. The topological polar surface area (TPSA) is 69.1 Å². The van der Waals surface area contributed by atoms with Crippen LogP contribution in [0.2, 0.25) is 0 Å². The van der Waals surface area contributed by atoms with Crippen LogP contribution >= 0.6 is 11.3 Å². The monoisotopic (exact) mass is 277 g/mol. The summed E-state index contributed by atoms with van der Waals surface area (Å²) in [6, 6.07) is 0.268. The molecule has 2 N–H and O–H groups in total. The van der Waals surface area contributed by atoms with E-state index in [4.69, 9.17) is 10.8 Å². The van der Waals surface area contributed by atoms with Gasteiger partial charge in [-0.3, -0.25) is 0 Å². The van der Waals surface area contributed by atoms with Crippen molar-refractivity contribution in [2.24, 2.45) is 5.73 Å². The molecule has 102 valence electrons. The summed E-state index contributed by atoms with van der Waals surface area (Å²) in [5.41, 5.74) is 6.26. The molecule has 19 heavy (non-hydrogen) atoms. The lowest BCUT2D eigenvalue weighted by molar-refractivity contribution is 0.377. The lowest BCUT2D eigenvalue weighted by atomic mass is 9.85. The first-order valence-electron chi connectivity index (χ1n) is 7.30. The first-order chi connectivity index (χ1) is 9.33. The average Bonchev–Trinajstić information content (AvgIpc) is 2.90. The minimum atomic E-state index is 0.268. The van der Waals surface area contributed by atoms with Gasteiger partial charge in [0.1, 0.15) is 5.01 Å². The molecule has 6 heteroatoms. The predicted molar refractivity (Wildman–Crippen MR) is 74.4 cm³/mol.